The van der Waals surface area contributed by atoms with Gasteiger partial charge in [-0.25, -0.2) is 4.98 Å². The van der Waals surface area contributed by atoms with Crippen molar-refractivity contribution in [3.05, 3.63) is 47.7 Å². The van der Waals surface area contributed by atoms with E-state index in [9.17, 15) is 4.79 Å². The van der Waals surface area contributed by atoms with Crippen LogP contribution < -0.4 is 19.7 Å². The molecule has 150 valence electrons. The minimum absolute atomic E-state index is 0.153. The van der Waals surface area contributed by atoms with E-state index < -0.39 is 0 Å². The molecule has 1 aromatic heterocycles. The zero-order valence-corrected chi connectivity index (χ0v) is 16.7. The predicted octanol–water partition coefficient (Wildman–Crippen LogP) is 3.80. The lowest BCUT2D eigenvalue weighted by atomic mass is 10.2. The zero-order valence-electron chi connectivity index (χ0n) is 16.7. The van der Waals surface area contributed by atoms with Crippen LogP contribution in [0.3, 0.4) is 0 Å². The van der Waals surface area contributed by atoms with E-state index in [0.29, 0.717) is 30.2 Å². The number of methoxy groups -OCH3 is 1. The van der Waals surface area contributed by atoms with E-state index in [0.717, 1.165) is 24.5 Å². The molecule has 6 heteroatoms. The van der Waals surface area contributed by atoms with Gasteiger partial charge in [-0.3, -0.25) is 4.79 Å². The van der Waals surface area contributed by atoms with Crippen molar-refractivity contribution in [2.45, 2.75) is 39.2 Å². The third-order valence-electron chi connectivity index (χ3n) is 4.92. The van der Waals surface area contributed by atoms with E-state index in [1.165, 1.54) is 25.7 Å². The van der Waals surface area contributed by atoms with Crippen molar-refractivity contribution in [2.75, 3.05) is 31.7 Å². The molecule has 6 nitrogen and oxygen atoms in total. The van der Waals surface area contributed by atoms with Gasteiger partial charge in [-0.05, 0) is 49.6 Å². The van der Waals surface area contributed by atoms with Gasteiger partial charge in [0.05, 0.1) is 13.7 Å². The van der Waals surface area contributed by atoms with E-state index in [4.69, 9.17) is 9.47 Å². The Bertz CT molecular complexity index is 769. The number of pyridine rings is 1. The van der Waals surface area contributed by atoms with Crippen LogP contribution in [0.5, 0.6) is 11.5 Å². The lowest BCUT2D eigenvalue weighted by molar-refractivity contribution is 0.0950. The number of anilines is 1. The van der Waals surface area contributed by atoms with E-state index in [1.807, 2.05) is 25.3 Å². The maximum Gasteiger partial charge on any atom is 0.251 e. The number of nitrogens with one attached hydrogen (secondary N) is 1. The van der Waals surface area contributed by atoms with Gasteiger partial charge >= 0.3 is 0 Å². The van der Waals surface area contributed by atoms with Crippen molar-refractivity contribution in [3.8, 4) is 11.5 Å². The van der Waals surface area contributed by atoms with E-state index >= 15 is 0 Å². The Morgan fingerprint density at radius 2 is 1.89 bits per heavy atom. The van der Waals surface area contributed by atoms with Crippen LogP contribution in [0, 0.1) is 0 Å². The van der Waals surface area contributed by atoms with Gasteiger partial charge in [0, 0.05) is 31.4 Å². The number of benzene rings is 1. The highest BCUT2D eigenvalue weighted by Gasteiger charge is 2.13. The molecule has 1 aromatic carbocycles. The van der Waals surface area contributed by atoms with E-state index in [1.54, 1.807) is 25.3 Å². The zero-order chi connectivity index (χ0) is 19.8. The number of carbonyl (C=O) groups excluding carboxylic acids is 1. The van der Waals surface area contributed by atoms with Crippen molar-refractivity contribution < 1.29 is 14.3 Å². The molecular formula is C22H29N3O3. The third kappa shape index (κ3) is 5.15. The first-order chi connectivity index (χ1) is 13.7. The molecule has 1 fully saturated rings. The number of nitrogens with zero attached hydrogens (tertiary/aromatic N) is 2. The molecule has 2 aromatic rings. The van der Waals surface area contributed by atoms with Gasteiger partial charge in [0.2, 0.25) is 0 Å². The number of amides is 1. The molecule has 3 rings (SSSR count). The quantitative estimate of drug-likeness (QED) is 0.788. The molecule has 0 saturated carbocycles. The summed E-state index contributed by atoms with van der Waals surface area (Å²) >= 11 is 0. The van der Waals surface area contributed by atoms with Crippen molar-refractivity contribution in [3.63, 3.8) is 0 Å². The fourth-order valence-electron chi connectivity index (χ4n) is 3.38. The third-order valence-corrected chi connectivity index (χ3v) is 4.92. The summed E-state index contributed by atoms with van der Waals surface area (Å²) in [5, 5.41) is 2.94. The molecule has 0 bridgehead atoms. The fraction of sp³-hybridized carbons (Fsp3) is 0.455. The van der Waals surface area contributed by atoms with E-state index in [-0.39, 0.29) is 5.91 Å². The summed E-state index contributed by atoms with van der Waals surface area (Å²) in [6.07, 6.45) is 6.91. The summed E-state index contributed by atoms with van der Waals surface area (Å²) in [5.41, 5.74) is 1.52. The second kappa shape index (κ2) is 9.97. The number of ether oxygens (including phenoxy) is 2. The van der Waals surface area contributed by atoms with Crippen molar-refractivity contribution >= 4 is 11.7 Å². The van der Waals surface area contributed by atoms with Crippen molar-refractivity contribution in [2.24, 2.45) is 0 Å². The van der Waals surface area contributed by atoms with Crippen LogP contribution in [0.4, 0.5) is 5.82 Å². The molecule has 0 spiro atoms. The van der Waals surface area contributed by atoms with Gasteiger partial charge in [0.1, 0.15) is 5.82 Å². The normalized spacial score (nSPS) is 14.3. The Morgan fingerprint density at radius 3 is 2.54 bits per heavy atom. The Labute approximate surface area is 166 Å². The molecule has 2 heterocycles. The molecule has 1 aliphatic rings. The smallest absolute Gasteiger partial charge is 0.251 e. The van der Waals surface area contributed by atoms with Gasteiger partial charge in [-0.15, -0.1) is 0 Å². The minimum Gasteiger partial charge on any atom is -0.493 e. The Hall–Kier alpha value is -2.76. The number of carbonyl (C=O) groups is 1. The maximum atomic E-state index is 12.5. The van der Waals surface area contributed by atoms with Gasteiger partial charge in [0.25, 0.3) is 5.91 Å². The summed E-state index contributed by atoms with van der Waals surface area (Å²) in [4.78, 5) is 19.4. The van der Waals surface area contributed by atoms with Crippen LogP contribution in [0.15, 0.2) is 36.5 Å². The van der Waals surface area contributed by atoms with Gasteiger partial charge in [-0.2, -0.15) is 0 Å². The van der Waals surface area contributed by atoms with Gasteiger partial charge in [-0.1, -0.05) is 18.9 Å². The average Bonchev–Trinajstić information content (AvgIpc) is 3.02. The molecule has 1 amide bonds. The molecule has 1 aliphatic heterocycles. The molecule has 1 N–H and O–H groups in total. The number of hydrogen-bond donors (Lipinski definition) is 1. The Morgan fingerprint density at radius 1 is 1.11 bits per heavy atom. The standard InChI is InChI=1S/C22H29N3O3/c1-3-28-20-14-18(9-10-19(20)27-2)22(26)24-16-17-8-11-21(23-15-17)25-12-6-4-5-7-13-25/h8-11,14-15H,3-7,12-13,16H2,1-2H3,(H,24,26). The summed E-state index contributed by atoms with van der Waals surface area (Å²) in [6.45, 7) is 4.98. The lowest BCUT2D eigenvalue weighted by Gasteiger charge is -2.21. The fourth-order valence-corrected chi connectivity index (χ4v) is 3.38. The second-order valence-corrected chi connectivity index (χ2v) is 6.91. The van der Waals surface area contributed by atoms with Crippen molar-refractivity contribution in [1.29, 1.82) is 0 Å². The Kier molecular flexibility index (Phi) is 7.12. The van der Waals surface area contributed by atoms with Crippen LogP contribution in [-0.2, 0) is 6.54 Å². The van der Waals surface area contributed by atoms with Gasteiger partial charge < -0.3 is 19.7 Å². The lowest BCUT2D eigenvalue weighted by Crippen LogP contribution is -2.25. The largest absolute Gasteiger partial charge is 0.493 e. The van der Waals surface area contributed by atoms with Crippen LogP contribution in [-0.4, -0.2) is 37.7 Å². The Balaban J connectivity index is 1.59. The summed E-state index contributed by atoms with van der Waals surface area (Å²) in [5.74, 6) is 2.06. The highest BCUT2D eigenvalue weighted by Crippen LogP contribution is 2.28. The molecule has 1 saturated heterocycles. The molecule has 0 unspecified atom stereocenters. The highest BCUT2D eigenvalue weighted by atomic mass is 16.5. The predicted molar refractivity (Wildman–Crippen MR) is 110 cm³/mol. The SMILES string of the molecule is CCOc1cc(C(=O)NCc2ccc(N3CCCCCC3)nc2)ccc1OC. The summed E-state index contributed by atoms with van der Waals surface area (Å²) in [6, 6.07) is 9.27. The van der Waals surface area contributed by atoms with Crippen molar-refractivity contribution in [1.82, 2.24) is 10.3 Å². The van der Waals surface area contributed by atoms with Crippen LogP contribution in [0.25, 0.3) is 0 Å². The average molecular weight is 383 g/mol. The molecule has 28 heavy (non-hydrogen) atoms. The summed E-state index contributed by atoms with van der Waals surface area (Å²) in [7, 11) is 1.58. The maximum absolute atomic E-state index is 12.5. The number of rotatable bonds is 7. The van der Waals surface area contributed by atoms with Gasteiger partial charge in [0.15, 0.2) is 11.5 Å². The molecule has 0 aliphatic carbocycles. The second-order valence-electron chi connectivity index (χ2n) is 6.91. The number of hydrogen-bond acceptors (Lipinski definition) is 5. The number of aromatic nitrogens is 1. The monoisotopic (exact) mass is 383 g/mol. The van der Waals surface area contributed by atoms with Crippen LogP contribution in [0.1, 0.15) is 48.5 Å². The minimum atomic E-state index is -0.153. The first-order valence-corrected chi connectivity index (χ1v) is 10.00. The van der Waals surface area contributed by atoms with Crippen LogP contribution in [0.2, 0.25) is 0 Å². The molecule has 0 atom stereocenters. The van der Waals surface area contributed by atoms with Crippen LogP contribution >= 0.6 is 0 Å². The molecular weight excluding hydrogens is 354 g/mol. The summed E-state index contributed by atoms with van der Waals surface area (Å²) < 4.78 is 10.8. The topological polar surface area (TPSA) is 63.7 Å². The van der Waals surface area contributed by atoms with E-state index in [2.05, 4.69) is 15.2 Å². The highest BCUT2D eigenvalue weighted by molar-refractivity contribution is 5.94. The first-order valence-electron chi connectivity index (χ1n) is 10.00. The first kappa shape index (κ1) is 20.0. The molecule has 0 radical (unpaired) electrons.